The minimum absolute atomic E-state index is 0.129. The molecule has 98 valence electrons. The zero-order valence-electron chi connectivity index (χ0n) is 10.5. The van der Waals surface area contributed by atoms with E-state index >= 15 is 0 Å². The predicted molar refractivity (Wildman–Crippen MR) is 81.4 cm³/mol. The first-order chi connectivity index (χ1) is 9.34. The summed E-state index contributed by atoms with van der Waals surface area (Å²) in [6, 6.07) is 8.49. The van der Waals surface area contributed by atoms with Crippen molar-refractivity contribution in [3.05, 3.63) is 50.9 Å². The minimum Gasteiger partial charge on any atom is -0.331 e. The lowest BCUT2D eigenvalue weighted by Gasteiger charge is -2.22. The number of hydrogen-bond acceptors (Lipinski definition) is 3. The molecular formula is C15H15NOS2. The van der Waals surface area contributed by atoms with E-state index in [4.69, 9.17) is 0 Å². The molecule has 1 aliphatic heterocycles. The molecule has 4 heteroatoms. The van der Waals surface area contributed by atoms with Gasteiger partial charge in [0.05, 0.1) is 6.04 Å². The molecule has 1 aliphatic rings. The van der Waals surface area contributed by atoms with E-state index in [-0.39, 0.29) is 11.9 Å². The summed E-state index contributed by atoms with van der Waals surface area (Å²) in [7, 11) is 0. The van der Waals surface area contributed by atoms with Crippen LogP contribution in [-0.4, -0.2) is 17.4 Å². The van der Waals surface area contributed by atoms with Crippen molar-refractivity contribution in [3.63, 3.8) is 0 Å². The van der Waals surface area contributed by atoms with E-state index in [2.05, 4.69) is 17.5 Å². The van der Waals surface area contributed by atoms with Gasteiger partial charge in [0.1, 0.15) is 0 Å². The molecule has 0 spiro atoms. The fourth-order valence-corrected chi connectivity index (χ4v) is 3.93. The van der Waals surface area contributed by atoms with Crippen molar-refractivity contribution < 1.29 is 4.79 Å². The van der Waals surface area contributed by atoms with Gasteiger partial charge in [-0.25, -0.2) is 0 Å². The van der Waals surface area contributed by atoms with Crippen molar-refractivity contribution in [2.45, 2.75) is 18.9 Å². The smallest absolute Gasteiger partial charge is 0.247 e. The van der Waals surface area contributed by atoms with Crippen molar-refractivity contribution in [3.8, 4) is 0 Å². The summed E-state index contributed by atoms with van der Waals surface area (Å²) in [5, 5.41) is 4.10. The zero-order chi connectivity index (χ0) is 13.1. The first-order valence-corrected chi connectivity index (χ1v) is 8.16. The van der Waals surface area contributed by atoms with Crippen LogP contribution in [0.4, 0.5) is 0 Å². The summed E-state index contributed by atoms with van der Waals surface area (Å²) in [5.41, 5.74) is 0. The lowest BCUT2D eigenvalue weighted by molar-refractivity contribution is -0.126. The quantitative estimate of drug-likeness (QED) is 0.776. The van der Waals surface area contributed by atoms with Crippen LogP contribution in [-0.2, 0) is 4.79 Å². The molecule has 3 rings (SSSR count). The van der Waals surface area contributed by atoms with Crippen LogP contribution in [0.15, 0.2) is 41.1 Å². The third-order valence-electron chi connectivity index (χ3n) is 3.34. The van der Waals surface area contributed by atoms with Gasteiger partial charge in [-0.15, -0.1) is 22.7 Å². The van der Waals surface area contributed by atoms with E-state index in [1.54, 1.807) is 28.7 Å². The molecule has 0 aliphatic carbocycles. The van der Waals surface area contributed by atoms with Crippen molar-refractivity contribution in [1.82, 2.24) is 4.90 Å². The Kier molecular flexibility index (Phi) is 3.80. The molecule has 0 radical (unpaired) electrons. The summed E-state index contributed by atoms with van der Waals surface area (Å²) in [6.07, 6.45) is 5.80. The van der Waals surface area contributed by atoms with Crippen LogP contribution in [0.3, 0.4) is 0 Å². The number of amides is 1. The molecule has 2 aromatic rings. The summed E-state index contributed by atoms with van der Waals surface area (Å²) < 4.78 is 0. The number of rotatable bonds is 3. The summed E-state index contributed by atoms with van der Waals surface area (Å²) >= 11 is 3.39. The second-order valence-electron chi connectivity index (χ2n) is 4.55. The lowest BCUT2D eigenvalue weighted by Crippen LogP contribution is -2.28. The number of carbonyl (C=O) groups is 1. The molecule has 19 heavy (non-hydrogen) atoms. The van der Waals surface area contributed by atoms with E-state index in [0.29, 0.717) is 0 Å². The molecule has 3 heterocycles. The molecule has 0 aromatic carbocycles. The number of nitrogens with zero attached hydrogens (tertiary/aromatic N) is 1. The average Bonchev–Trinajstić information content (AvgIpc) is 3.14. The Labute approximate surface area is 121 Å². The van der Waals surface area contributed by atoms with Gasteiger partial charge in [0.2, 0.25) is 5.91 Å². The van der Waals surface area contributed by atoms with Crippen LogP contribution in [0.25, 0.3) is 6.08 Å². The second-order valence-corrected chi connectivity index (χ2v) is 6.51. The molecule has 0 saturated carbocycles. The highest BCUT2D eigenvalue weighted by Crippen LogP contribution is 2.34. The SMILES string of the molecule is O=C(C=Cc1cccs1)N1CCCC1c1cccs1. The van der Waals surface area contributed by atoms with E-state index < -0.39 is 0 Å². The molecule has 1 unspecified atom stereocenters. The maximum absolute atomic E-state index is 12.3. The van der Waals surface area contributed by atoms with Crippen LogP contribution in [0, 0.1) is 0 Å². The van der Waals surface area contributed by atoms with Gasteiger partial charge in [0.15, 0.2) is 0 Å². The van der Waals surface area contributed by atoms with E-state index in [1.807, 2.05) is 28.5 Å². The topological polar surface area (TPSA) is 20.3 Å². The zero-order valence-corrected chi connectivity index (χ0v) is 12.1. The molecule has 1 saturated heterocycles. The van der Waals surface area contributed by atoms with Gasteiger partial charge in [-0.1, -0.05) is 12.1 Å². The highest BCUT2D eigenvalue weighted by Gasteiger charge is 2.29. The third-order valence-corrected chi connectivity index (χ3v) is 5.15. The number of hydrogen-bond donors (Lipinski definition) is 0. The van der Waals surface area contributed by atoms with E-state index in [9.17, 15) is 4.79 Å². The van der Waals surface area contributed by atoms with Gasteiger partial charge in [-0.05, 0) is 41.8 Å². The fourth-order valence-electron chi connectivity index (χ4n) is 2.44. The van der Waals surface area contributed by atoms with Crippen LogP contribution < -0.4 is 0 Å². The van der Waals surface area contributed by atoms with E-state index in [0.717, 1.165) is 24.3 Å². The molecule has 1 atom stereocenters. The van der Waals surface area contributed by atoms with Crippen molar-refractivity contribution in [2.75, 3.05) is 6.54 Å². The molecule has 0 N–H and O–H groups in total. The standard InChI is InChI=1S/C15H15NOS2/c17-15(8-7-12-4-2-10-18-12)16-9-1-5-13(16)14-6-3-11-19-14/h2-4,6-8,10-11,13H,1,5,9H2. The molecule has 2 nitrogen and oxygen atoms in total. The number of carbonyl (C=O) groups excluding carboxylic acids is 1. The summed E-state index contributed by atoms with van der Waals surface area (Å²) in [4.78, 5) is 16.7. The van der Waals surface area contributed by atoms with Gasteiger partial charge in [-0.2, -0.15) is 0 Å². The van der Waals surface area contributed by atoms with Crippen LogP contribution in [0.2, 0.25) is 0 Å². The highest BCUT2D eigenvalue weighted by molar-refractivity contribution is 7.10. The van der Waals surface area contributed by atoms with Crippen LogP contribution >= 0.6 is 22.7 Å². The molecule has 0 bridgehead atoms. The Morgan fingerprint density at radius 1 is 1.26 bits per heavy atom. The fraction of sp³-hybridized carbons (Fsp3) is 0.267. The Morgan fingerprint density at radius 3 is 2.84 bits per heavy atom. The molecular weight excluding hydrogens is 274 g/mol. The summed E-state index contributed by atoms with van der Waals surface area (Å²) in [5.74, 6) is 0.129. The van der Waals surface area contributed by atoms with Crippen LogP contribution in [0.1, 0.15) is 28.6 Å². The Hall–Kier alpha value is -1.39. The Balaban J connectivity index is 1.72. The monoisotopic (exact) mass is 289 g/mol. The van der Waals surface area contributed by atoms with Gasteiger partial charge in [0, 0.05) is 22.4 Å². The van der Waals surface area contributed by atoms with Crippen LogP contribution in [0.5, 0.6) is 0 Å². The first-order valence-electron chi connectivity index (χ1n) is 6.40. The van der Waals surface area contributed by atoms with Gasteiger partial charge in [0.25, 0.3) is 0 Å². The second kappa shape index (κ2) is 5.72. The number of likely N-dealkylation sites (tertiary alicyclic amines) is 1. The summed E-state index contributed by atoms with van der Waals surface area (Å²) in [6.45, 7) is 0.871. The number of thiophene rings is 2. The lowest BCUT2D eigenvalue weighted by atomic mass is 10.2. The predicted octanol–water partition coefficient (Wildman–Crippen LogP) is 4.19. The third kappa shape index (κ3) is 2.80. The largest absolute Gasteiger partial charge is 0.331 e. The maximum Gasteiger partial charge on any atom is 0.247 e. The molecule has 1 fully saturated rings. The van der Waals surface area contributed by atoms with Crippen molar-refractivity contribution in [1.29, 1.82) is 0 Å². The van der Waals surface area contributed by atoms with Gasteiger partial charge >= 0.3 is 0 Å². The van der Waals surface area contributed by atoms with Crippen molar-refractivity contribution >= 4 is 34.7 Å². The van der Waals surface area contributed by atoms with Gasteiger partial charge < -0.3 is 4.90 Å². The molecule has 2 aromatic heterocycles. The Bertz CT molecular complexity index is 557. The normalized spacial score (nSPS) is 19.4. The highest BCUT2D eigenvalue weighted by atomic mass is 32.1. The van der Waals surface area contributed by atoms with E-state index in [1.165, 1.54) is 4.88 Å². The maximum atomic E-state index is 12.3. The van der Waals surface area contributed by atoms with Gasteiger partial charge in [-0.3, -0.25) is 4.79 Å². The average molecular weight is 289 g/mol. The first kappa shape index (κ1) is 12.6. The van der Waals surface area contributed by atoms with Crippen molar-refractivity contribution in [2.24, 2.45) is 0 Å². The Morgan fingerprint density at radius 2 is 2.11 bits per heavy atom. The molecule has 1 amide bonds. The minimum atomic E-state index is 0.129.